The number of fused-ring (bicyclic) bond motifs is 2. The molecule has 0 amide bonds. The summed E-state index contributed by atoms with van der Waals surface area (Å²) in [6.45, 7) is 3.75. The van der Waals surface area contributed by atoms with Gasteiger partial charge in [0.1, 0.15) is 12.4 Å². The molecule has 32 heavy (non-hydrogen) atoms. The van der Waals surface area contributed by atoms with Crippen LogP contribution in [0.5, 0.6) is 5.75 Å². The predicted octanol–water partition coefficient (Wildman–Crippen LogP) is 2.38. The monoisotopic (exact) mass is 432 g/mol. The van der Waals surface area contributed by atoms with Gasteiger partial charge in [-0.05, 0) is 38.1 Å². The second-order valence-electron chi connectivity index (χ2n) is 7.42. The van der Waals surface area contributed by atoms with Gasteiger partial charge in [0, 0.05) is 24.0 Å². The van der Waals surface area contributed by atoms with Crippen LogP contribution in [-0.4, -0.2) is 47.6 Å². The Kier molecular flexibility index (Phi) is 4.91. The standard InChI is InChI=1S/C22H20N6O4/c1-13-9-19(32-26-13)15-3-4-20-24-25-21(28(20)12-15)14(2)27-6-5-18-17(22(27)30)10-16(11-23-18)31-8-7-29/h3-6,9-12,14,29H,7-8H2,1-2H3/t14-/m0/s1. The molecule has 0 aliphatic carbocycles. The van der Waals surface area contributed by atoms with Crippen molar-refractivity contribution in [2.24, 2.45) is 0 Å². The number of ether oxygens (including phenoxy) is 1. The van der Waals surface area contributed by atoms with Crippen molar-refractivity contribution in [2.75, 3.05) is 13.2 Å². The van der Waals surface area contributed by atoms with Crippen LogP contribution in [0.25, 0.3) is 27.9 Å². The zero-order valence-corrected chi connectivity index (χ0v) is 17.5. The van der Waals surface area contributed by atoms with E-state index in [1.807, 2.05) is 42.6 Å². The molecule has 10 heteroatoms. The van der Waals surface area contributed by atoms with Gasteiger partial charge in [0.05, 0.1) is 35.4 Å². The normalized spacial score (nSPS) is 12.5. The summed E-state index contributed by atoms with van der Waals surface area (Å²) in [5.41, 5.74) is 2.60. The molecule has 1 atom stereocenters. The number of nitrogens with zero attached hydrogens (tertiary/aromatic N) is 6. The average molecular weight is 432 g/mol. The van der Waals surface area contributed by atoms with Gasteiger partial charge in [-0.25, -0.2) is 0 Å². The molecule has 0 radical (unpaired) electrons. The molecule has 5 heterocycles. The topological polar surface area (TPSA) is 121 Å². The van der Waals surface area contributed by atoms with Crippen LogP contribution in [-0.2, 0) is 0 Å². The number of rotatable bonds is 6. The maximum absolute atomic E-state index is 13.3. The molecular formula is C22H20N6O4. The third-order valence-corrected chi connectivity index (χ3v) is 5.24. The molecular weight excluding hydrogens is 412 g/mol. The first kappa shape index (κ1) is 19.9. The van der Waals surface area contributed by atoms with Crippen molar-refractivity contribution in [3.63, 3.8) is 0 Å². The summed E-state index contributed by atoms with van der Waals surface area (Å²) >= 11 is 0. The average Bonchev–Trinajstić information content (AvgIpc) is 3.43. The maximum Gasteiger partial charge on any atom is 0.260 e. The Morgan fingerprint density at radius 1 is 1.22 bits per heavy atom. The van der Waals surface area contributed by atoms with Crippen molar-refractivity contribution in [3.8, 4) is 17.1 Å². The summed E-state index contributed by atoms with van der Waals surface area (Å²) in [6.07, 6.45) is 5.10. The van der Waals surface area contributed by atoms with Gasteiger partial charge in [-0.2, -0.15) is 0 Å². The van der Waals surface area contributed by atoms with Gasteiger partial charge in [0.15, 0.2) is 17.2 Å². The Morgan fingerprint density at radius 2 is 2.09 bits per heavy atom. The van der Waals surface area contributed by atoms with Crippen molar-refractivity contribution < 1.29 is 14.4 Å². The van der Waals surface area contributed by atoms with Crippen LogP contribution < -0.4 is 10.3 Å². The molecule has 0 aromatic carbocycles. The van der Waals surface area contributed by atoms with Crippen LogP contribution in [0.3, 0.4) is 0 Å². The number of aliphatic hydroxyl groups excluding tert-OH is 1. The summed E-state index contributed by atoms with van der Waals surface area (Å²) in [5, 5.41) is 21.9. The highest BCUT2D eigenvalue weighted by Crippen LogP contribution is 2.24. The number of aliphatic hydroxyl groups is 1. The second kappa shape index (κ2) is 7.89. The Morgan fingerprint density at radius 3 is 2.88 bits per heavy atom. The van der Waals surface area contributed by atoms with E-state index in [1.54, 1.807) is 22.9 Å². The SMILES string of the molecule is Cc1cc(-c2ccc3nnc([C@H](C)n4ccc5ncc(OCCO)cc5c4=O)n3c2)on1. The third-order valence-electron chi connectivity index (χ3n) is 5.24. The molecule has 0 fully saturated rings. The van der Waals surface area contributed by atoms with Gasteiger partial charge >= 0.3 is 0 Å². The van der Waals surface area contributed by atoms with Gasteiger partial charge in [-0.1, -0.05) is 5.16 Å². The van der Waals surface area contributed by atoms with E-state index >= 15 is 0 Å². The fraction of sp³-hybridized carbons (Fsp3) is 0.227. The lowest BCUT2D eigenvalue weighted by Gasteiger charge is -2.15. The highest BCUT2D eigenvalue weighted by Gasteiger charge is 2.19. The minimum absolute atomic E-state index is 0.121. The van der Waals surface area contributed by atoms with Crippen LogP contribution in [0.15, 0.2) is 58.2 Å². The van der Waals surface area contributed by atoms with E-state index in [-0.39, 0.29) is 18.8 Å². The first-order valence-electron chi connectivity index (χ1n) is 10.1. The first-order valence-corrected chi connectivity index (χ1v) is 10.1. The fourth-order valence-electron chi connectivity index (χ4n) is 3.63. The van der Waals surface area contributed by atoms with Gasteiger partial charge in [-0.15, -0.1) is 10.2 Å². The number of pyridine rings is 3. The number of hydrogen-bond acceptors (Lipinski definition) is 8. The Hall–Kier alpha value is -4.05. The van der Waals surface area contributed by atoms with E-state index in [1.165, 1.54) is 6.20 Å². The molecule has 5 aromatic rings. The lowest BCUT2D eigenvalue weighted by atomic mass is 10.2. The molecule has 1 N–H and O–H groups in total. The number of hydrogen-bond donors (Lipinski definition) is 1. The quantitative estimate of drug-likeness (QED) is 0.434. The lowest BCUT2D eigenvalue weighted by Crippen LogP contribution is -2.25. The lowest BCUT2D eigenvalue weighted by molar-refractivity contribution is 0.201. The van der Waals surface area contributed by atoms with E-state index < -0.39 is 6.04 Å². The minimum Gasteiger partial charge on any atom is -0.490 e. The highest BCUT2D eigenvalue weighted by atomic mass is 16.5. The first-order chi connectivity index (χ1) is 15.5. The summed E-state index contributed by atoms with van der Waals surface area (Å²) < 4.78 is 14.2. The Labute approximate surface area is 181 Å². The summed E-state index contributed by atoms with van der Waals surface area (Å²) in [5.74, 6) is 1.66. The van der Waals surface area contributed by atoms with E-state index in [9.17, 15) is 4.79 Å². The van der Waals surface area contributed by atoms with Crippen LogP contribution in [0.1, 0.15) is 24.5 Å². The third kappa shape index (κ3) is 3.40. The molecule has 162 valence electrons. The smallest absolute Gasteiger partial charge is 0.260 e. The molecule has 0 saturated carbocycles. The molecule has 10 nitrogen and oxygen atoms in total. The van der Waals surface area contributed by atoms with Crippen LogP contribution in [0.2, 0.25) is 0 Å². The summed E-state index contributed by atoms with van der Waals surface area (Å²) in [7, 11) is 0. The second-order valence-corrected chi connectivity index (χ2v) is 7.42. The minimum atomic E-state index is -0.407. The predicted molar refractivity (Wildman–Crippen MR) is 116 cm³/mol. The highest BCUT2D eigenvalue weighted by molar-refractivity contribution is 5.78. The van der Waals surface area contributed by atoms with Crippen molar-refractivity contribution in [2.45, 2.75) is 19.9 Å². The van der Waals surface area contributed by atoms with Crippen molar-refractivity contribution in [1.29, 1.82) is 0 Å². The van der Waals surface area contributed by atoms with E-state index in [4.69, 9.17) is 14.4 Å². The van der Waals surface area contributed by atoms with Crippen LogP contribution >= 0.6 is 0 Å². The Balaban J connectivity index is 1.58. The molecule has 0 aliphatic heterocycles. The van der Waals surface area contributed by atoms with E-state index in [0.717, 1.165) is 11.3 Å². The summed E-state index contributed by atoms with van der Waals surface area (Å²) in [6, 6.07) is 8.58. The fourth-order valence-corrected chi connectivity index (χ4v) is 3.63. The molecule has 0 unspecified atom stereocenters. The molecule has 0 saturated heterocycles. The molecule has 0 aliphatic rings. The van der Waals surface area contributed by atoms with Crippen LogP contribution in [0.4, 0.5) is 0 Å². The zero-order chi connectivity index (χ0) is 22.2. The van der Waals surface area contributed by atoms with E-state index in [0.29, 0.717) is 33.9 Å². The summed E-state index contributed by atoms with van der Waals surface area (Å²) in [4.78, 5) is 17.5. The number of aryl methyl sites for hydroxylation is 1. The molecule has 0 spiro atoms. The van der Waals surface area contributed by atoms with Gasteiger partial charge in [0.2, 0.25) is 0 Å². The molecule has 5 aromatic heterocycles. The van der Waals surface area contributed by atoms with Gasteiger partial charge in [-0.3, -0.25) is 14.2 Å². The van der Waals surface area contributed by atoms with Gasteiger partial charge in [0.25, 0.3) is 5.56 Å². The molecule has 5 rings (SSSR count). The molecule has 0 bridgehead atoms. The van der Waals surface area contributed by atoms with Crippen LogP contribution in [0, 0.1) is 6.92 Å². The number of aromatic nitrogens is 6. The largest absolute Gasteiger partial charge is 0.490 e. The van der Waals surface area contributed by atoms with Crippen molar-refractivity contribution in [1.82, 2.24) is 29.3 Å². The zero-order valence-electron chi connectivity index (χ0n) is 17.5. The maximum atomic E-state index is 13.3. The van der Waals surface area contributed by atoms with E-state index in [2.05, 4.69) is 20.3 Å². The van der Waals surface area contributed by atoms with Gasteiger partial charge < -0.3 is 18.9 Å². The van der Waals surface area contributed by atoms with Crippen molar-refractivity contribution >= 4 is 16.6 Å². The Bertz CT molecular complexity index is 1490. The van der Waals surface area contributed by atoms with Crippen molar-refractivity contribution in [3.05, 3.63) is 70.8 Å².